The molecule has 0 spiro atoms. The second kappa shape index (κ2) is 10.5. The van der Waals surface area contributed by atoms with Crippen LogP contribution in [0.1, 0.15) is 16.7 Å². The van der Waals surface area contributed by atoms with Gasteiger partial charge in [0.25, 0.3) is 0 Å². The number of hydrogen-bond acceptors (Lipinski definition) is 3. The van der Waals surface area contributed by atoms with Gasteiger partial charge in [-0.1, -0.05) is 53.5 Å². The third kappa shape index (κ3) is 6.10. The van der Waals surface area contributed by atoms with Gasteiger partial charge in [0.15, 0.2) is 11.5 Å². The smallest absolute Gasteiger partial charge is 0.161 e. The van der Waals surface area contributed by atoms with Gasteiger partial charge in [-0.2, -0.15) is 0 Å². The van der Waals surface area contributed by atoms with Gasteiger partial charge in [-0.25, -0.2) is 4.39 Å². The molecule has 152 valence electrons. The fourth-order valence-electron chi connectivity index (χ4n) is 2.89. The van der Waals surface area contributed by atoms with Gasteiger partial charge in [-0.3, -0.25) is 0 Å². The lowest BCUT2D eigenvalue weighted by Gasteiger charge is -2.13. The lowest BCUT2D eigenvalue weighted by molar-refractivity contribution is 0.279. The first kappa shape index (κ1) is 21.4. The molecule has 6 heteroatoms. The molecule has 3 nitrogen and oxygen atoms in total. The van der Waals surface area contributed by atoms with E-state index in [1.54, 1.807) is 31.4 Å². The second-order valence-corrected chi connectivity index (χ2v) is 7.37. The normalized spacial score (nSPS) is 10.8. The van der Waals surface area contributed by atoms with E-state index in [0.29, 0.717) is 33.7 Å². The molecule has 1 N–H and O–H groups in total. The third-order valence-electron chi connectivity index (χ3n) is 4.48. The van der Waals surface area contributed by atoms with Crippen LogP contribution in [0.15, 0.2) is 60.7 Å². The summed E-state index contributed by atoms with van der Waals surface area (Å²) in [7, 11) is 1.59. The maximum Gasteiger partial charge on any atom is 0.161 e. The summed E-state index contributed by atoms with van der Waals surface area (Å²) >= 11 is 12.1. The molecular weight excluding hydrogens is 412 g/mol. The van der Waals surface area contributed by atoms with Crippen molar-refractivity contribution in [3.05, 3.63) is 93.2 Å². The predicted molar refractivity (Wildman–Crippen MR) is 116 cm³/mol. The van der Waals surface area contributed by atoms with Crippen molar-refractivity contribution in [3.63, 3.8) is 0 Å². The fourth-order valence-corrected chi connectivity index (χ4v) is 3.40. The highest BCUT2D eigenvalue weighted by molar-refractivity contribution is 6.35. The summed E-state index contributed by atoms with van der Waals surface area (Å²) in [5.74, 6) is 0.905. The van der Waals surface area contributed by atoms with Crippen LogP contribution in [-0.2, 0) is 19.6 Å². The van der Waals surface area contributed by atoms with E-state index in [4.69, 9.17) is 32.7 Å². The van der Waals surface area contributed by atoms with Gasteiger partial charge < -0.3 is 14.8 Å². The summed E-state index contributed by atoms with van der Waals surface area (Å²) < 4.78 is 24.9. The fraction of sp³-hybridized carbons (Fsp3) is 0.217. The van der Waals surface area contributed by atoms with Crippen LogP contribution in [0.3, 0.4) is 0 Å². The summed E-state index contributed by atoms with van der Waals surface area (Å²) in [5, 5.41) is 4.70. The lowest BCUT2D eigenvalue weighted by atomic mass is 10.1. The number of hydrogen-bond donors (Lipinski definition) is 1. The van der Waals surface area contributed by atoms with E-state index in [-0.39, 0.29) is 12.4 Å². The van der Waals surface area contributed by atoms with Crippen LogP contribution in [0.25, 0.3) is 0 Å². The van der Waals surface area contributed by atoms with Crippen LogP contribution in [0.4, 0.5) is 4.39 Å². The van der Waals surface area contributed by atoms with Gasteiger partial charge in [0.1, 0.15) is 12.4 Å². The number of benzene rings is 3. The Hall–Kier alpha value is -2.27. The average molecular weight is 434 g/mol. The average Bonchev–Trinajstić information content (AvgIpc) is 2.72. The molecule has 0 aliphatic carbocycles. The summed E-state index contributed by atoms with van der Waals surface area (Å²) in [5.41, 5.74) is 2.61. The van der Waals surface area contributed by atoms with Crippen LogP contribution < -0.4 is 14.8 Å². The first-order chi connectivity index (χ1) is 14.1. The zero-order chi connectivity index (χ0) is 20.6. The largest absolute Gasteiger partial charge is 0.493 e. The highest BCUT2D eigenvalue weighted by Crippen LogP contribution is 2.29. The highest BCUT2D eigenvalue weighted by atomic mass is 35.5. The first-order valence-electron chi connectivity index (χ1n) is 9.24. The molecule has 0 radical (unpaired) electrons. The van der Waals surface area contributed by atoms with Gasteiger partial charge in [-0.05, 0) is 54.4 Å². The van der Waals surface area contributed by atoms with Crippen molar-refractivity contribution < 1.29 is 13.9 Å². The zero-order valence-corrected chi connectivity index (χ0v) is 17.6. The third-order valence-corrected chi connectivity index (χ3v) is 5.07. The van der Waals surface area contributed by atoms with Crippen molar-refractivity contribution in [2.45, 2.75) is 19.6 Å². The Morgan fingerprint density at radius 1 is 0.931 bits per heavy atom. The molecule has 0 saturated heterocycles. The van der Waals surface area contributed by atoms with Gasteiger partial charge in [0.05, 0.1) is 7.11 Å². The standard InChI is InChI=1S/C23H22Cl2FNO2/c1-28-23-12-16(14-27-11-10-17-7-8-19(24)13-20(17)25)6-9-22(23)29-15-18-4-2-3-5-21(18)26/h2-9,12-13,27H,10-11,14-15H2,1H3. The number of halogens is 3. The Morgan fingerprint density at radius 2 is 1.76 bits per heavy atom. The Labute approximate surface area is 180 Å². The van der Waals surface area contributed by atoms with Crippen LogP contribution in [0.2, 0.25) is 10.0 Å². The van der Waals surface area contributed by atoms with Crippen molar-refractivity contribution in [2.75, 3.05) is 13.7 Å². The van der Waals surface area contributed by atoms with Crippen molar-refractivity contribution in [2.24, 2.45) is 0 Å². The Kier molecular flexibility index (Phi) is 7.76. The van der Waals surface area contributed by atoms with Crippen molar-refractivity contribution in [3.8, 4) is 11.5 Å². The number of nitrogens with one attached hydrogen (secondary N) is 1. The second-order valence-electron chi connectivity index (χ2n) is 6.53. The summed E-state index contributed by atoms with van der Waals surface area (Å²) in [6.07, 6.45) is 0.803. The molecule has 0 aromatic heterocycles. The topological polar surface area (TPSA) is 30.5 Å². The monoisotopic (exact) mass is 433 g/mol. The molecular formula is C23H22Cl2FNO2. The lowest BCUT2D eigenvalue weighted by Crippen LogP contribution is -2.16. The minimum Gasteiger partial charge on any atom is -0.493 e. The molecule has 0 aliphatic rings. The molecule has 0 atom stereocenters. The molecule has 0 aliphatic heterocycles. The molecule has 0 unspecified atom stereocenters. The first-order valence-corrected chi connectivity index (χ1v) is 10.00. The maximum atomic E-state index is 13.7. The van der Waals surface area contributed by atoms with Crippen LogP contribution in [0.5, 0.6) is 11.5 Å². The summed E-state index contributed by atoms with van der Waals surface area (Å²) in [4.78, 5) is 0. The van der Waals surface area contributed by atoms with Gasteiger partial charge >= 0.3 is 0 Å². The minimum absolute atomic E-state index is 0.141. The van der Waals surface area contributed by atoms with Crippen LogP contribution in [0, 0.1) is 5.82 Å². The maximum absolute atomic E-state index is 13.7. The Bertz CT molecular complexity index is 965. The predicted octanol–water partition coefficient (Wildman–Crippen LogP) is 6.05. The summed E-state index contributed by atoms with van der Waals surface area (Å²) in [6, 6.07) is 17.8. The SMILES string of the molecule is COc1cc(CNCCc2ccc(Cl)cc2Cl)ccc1OCc1ccccc1F. The zero-order valence-electron chi connectivity index (χ0n) is 16.1. The van der Waals surface area contributed by atoms with Gasteiger partial charge in [0.2, 0.25) is 0 Å². The van der Waals surface area contributed by atoms with Crippen LogP contribution >= 0.6 is 23.2 Å². The Morgan fingerprint density at radius 3 is 2.52 bits per heavy atom. The molecule has 0 fully saturated rings. The summed E-state index contributed by atoms with van der Waals surface area (Å²) in [6.45, 7) is 1.59. The number of methoxy groups -OCH3 is 1. The molecule has 0 heterocycles. The van der Waals surface area contributed by atoms with Crippen LogP contribution in [-0.4, -0.2) is 13.7 Å². The van der Waals surface area contributed by atoms with E-state index in [1.807, 2.05) is 30.3 Å². The number of ether oxygens (including phenoxy) is 2. The minimum atomic E-state index is -0.284. The molecule has 0 saturated carbocycles. The van der Waals surface area contributed by atoms with E-state index in [9.17, 15) is 4.39 Å². The van der Waals surface area contributed by atoms with Gasteiger partial charge in [-0.15, -0.1) is 0 Å². The molecule has 0 bridgehead atoms. The molecule has 0 amide bonds. The highest BCUT2D eigenvalue weighted by Gasteiger charge is 2.08. The Balaban J connectivity index is 1.53. The molecule has 29 heavy (non-hydrogen) atoms. The van der Waals surface area contributed by atoms with E-state index >= 15 is 0 Å². The van der Waals surface area contributed by atoms with E-state index in [1.165, 1.54) is 6.07 Å². The van der Waals surface area contributed by atoms with E-state index < -0.39 is 0 Å². The molecule has 3 rings (SSSR count). The van der Waals surface area contributed by atoms with Crippen molar-refractivity contribution in [1.82, 2.24) is 5.32 Å². The van der Waals surface area contributed by atoms with Crippen molar-refractivity contribution in [1.29, 1.82) is 0 Å². The number of rotatable bonds is 9. The van der Waals surface area contributed by atoms with Gasteiger partial charge in [0, 0.05) is 22.2 Å². The molecule has 3 aromatic rings. The quantitative estimate of drug-likeness (QED) is 0.416. The van der Waals surface area contributed by atoms with E-state index in [2.05, 4.69) is 5.32 Å². The van der Waals surface area contributed by atoms with E-state index in [0.717, 1.165) is 24.1 Å². The van der Waals surface area contributed by atoms with Crippen molar-refractivity contribution >= 4 is 23.2 Å². The molecule has 3 aromatic carbocycles.